The lowest BCUT2D eigenvalue weighted by atomic mass is 9.96. The van der Waals surface area contributed by atoms with E-state index < -0.39 is 0 Å². The Morgan fingerprint density at radius 1 is 0.889 bits per heavy atom. The van der Waals surface area contributed by atoms with Crippen molar-refractivity contribution in [2.24, 2.45) is 5.92 Å². The first-order chi connectivity index (χ1) is 8.78. The summed E-state index contributed by atoms with van der Waals surface area (Å²) in [5, 5.41) is 8.90. The van der Waals surface area contributed by atoms with Crippen molar-refractivity contribution in [1.29, 1.82) is 0 Å². The minimum absolute atomic E-state index is 0.359. The molecule has 0 aliphatic carbocycles. The molecule has 0 spiro atoms. The summed E-state index contributed by atoms with van der Waals surface area (Å²) < 4.78 is 0. The fraction of sp³-hybridized carbons (Fsp3) is 1.00. The predicted octanol–water partition coefficient (Wildman–Crippen LogP) is 4.32. The second-order valence-corrected chi connectivity index (χ2v) is 4.66. The van der Waals surface area contributed by atoms with Crippen LogP contribution in [0.1, 0.15) is 73.1 Å². The Morgan fingerprint density at radius 3 is 1.94 bits per heavy atom. The molecule has 0 amide bonds. The highest BCUT2D eigenvalue weighted by molar-refractivity contribution is 4.58. The van der Waals surface area contributed by atoms with Crippen molar-refractivity contribution >= 4 is 0 Å². The van der Waals surface area contributed by atoms with Crippen LogP contribution in [0, 0.1) is 5.92 Å². The minimum atomic E-state index is 0.359. The normalized spacial score (nSPS) is 12.2. The number of unbranched alkanes of at least 4 members (excludes halogenated alkanes) is 2. The van der Waals surface area contributed by atoms with Gasteiger partial charge in [-0.3, -0.25) is 0 Å². The van der Waals surface area contributed by atoms with Crippen LogP contribution < -0.4 is 0 Å². The summed E-state index contributed by atoms with van der Waals surface area (Å²) in [7, 11) is 0. The molecule has 0 bridgehead atoms. The van der Waals surface area contributed by atoms with Gasteiger partial charge in [-0.05, 0) is 38.4 Å². The quantitative estimate of drug-likeness (QED) is 0.558. The van der Waals surface area contributed by atoms with Gasteiger partial charge in [0, 0.05) is 6.61 Å². The van der Waals surface area contributed by atoms with Gasteiger partial charge in [0.2, 0.25) is 0 Å². The van der Waals surface area contributed by atoms with Crippen LogP contribution >= 0.6 is 0 Å². The first-order valence-corrected chi connectivity index (χ1v) is 8.11. The summed E-state index contributed by atoms with van der Waals surface area (Å²) in [5.41, 5.74) is 0. The van der Waals surface area contributed by atoms with E-state index in [4.69, 9.17) is 5.11 Å². The van der Waals surface area contributed by atoms with Crippen molar-refractivity contribution in [1.82, 2.24) is 4.90 Å². The molecule has 0 saturated carbocycles. The Hall–Kier alpha value is -0.0800. The second-order valence-electron chi connectivity index (χ2n) is 4.66. The molecule has 0 fully saturated rings. The smallest absolute Gasteiger partial charge is 0.0433 e. The maximum atomic E-state index is 8.90. The van der Waals surface area contributed by atoms with Crippen molar-refractivity contribution in [2.45, 2.75) is 73.1 Å². The number of aliphatic hydroxyl groups is 1. The van der Waals surface area contributed by atoms with Gasteiger partial charge >= 0.3 is 0 Å². The third kappa shape index (κ3) is 12.4. The number of hydrogen-bond acceptors (Lipinski definition) is 2. The van der Waals surface area contributed by atoms with Crippen LogP contribution in [-0.4, -0.2) is 36.2 Å². The van der Waals surface area contributed by atoms with Crippen molar-refractivity contribution < 1.29 is 5.11 Å². The van der Waals surface area contributed by atoms with E-state index in [0.29, 0.717) is 6.61 Å². The van der Waals surface area contributed by atoms with E-state index >= 15 is 0 Å². The van der Waals surface area contributed by atoms with Crippen LogP contribution in [0.5, 0.6) is 0 Å². The molecule has 0 radical (unpaired) electrons. The number of rotatable bonds is 11. The average molecular weight is 259 g/mol. The van der Waals surface area contributed by atoms with E-state index in [0.717, 1.165) is 12.3 Å². The fourth-order valence-corrected chi connectivity index (χ4v) is 2.22. The van der Waals surface area contributed by atoms with Gasteiger partial charge in [0.25, 0.3) is 0 Å². The number of aliphatic hydroxyl groups excluding tert-OH is 1. The molecule has 1 atom stereocenters. The minimum Gasteiger partial charge on any atom is -0.396 e. The molecule has 0 aromatic carbocycles. The van der Waals surface area contributed by atoms with Gasteiger partial charge in [0.15, 0.2) is 0 Å². The van der Waals surface area contributed by atoms with Gasteiger partial charge in [-0.2, -0.15) is 0 Å². The zero-order valence-electron chi connectivity index (χ0n) is 13.5. The van der Waals surface area contributed by atoms with E-state index in [9.17, 15) is 0 Å². The Labute approximate surface area is 116 Å². The summed E-state index contributed by atoms with van der Waals surface area (Å²) in [6.07, 6.45) is 7.52. The third-order valence-electron chi connectivity index (χ3n) is 3.60. The molecule has 2 nitrogen and oxygen atoms in total. The summed E-state index contributed by atoms with van der Waals surface area (Å²) >= 11 is 0. The van der Waals surface area contributed by atoms with Gasteiger partial charge in [0.05, 0.1) is 0 Å². The summed E-state index contributed by atoms with van der Waals surface area (Å²) in [5.74, 6) is 0.749. The van der Waals surface area contributed by atoms with Crippen LogP contribution in [-0.2, 0) is 0 Å². The Balaban J connectivity index is 0. The van der Waals surface area contributed by atoms with Gasteiger partial charge in [-0.15, -0.1) is 0 Å². The van der Waals surface area contributed by atoms with Gasteiger partial charge in [-0.1, -0.05) is 60.3 Å². The topological polar surface area (TPSA) is 23.5 Å². The molecule has 0 aliphatic rings. The lowest BCUT2D eigenvalue weighted by Crippen LogP contribution is -2.23. The summed E-state index contributed by atoms with van der Waals surface area (Å²) in [6.45, 7) is 14.7. The van der Waals surface area contributed by atoms with Gasteiger partial charge < -0.3 is 10.0 Å². The predicted molar refractivity (Wildman–Crippen MR) is 83.1 cm³/mol. The molecule has 0 heterocycles. The first kappa shape index (κ1) is 20.2. The average Bonchev–Trinajstić information content (AvgIpc) is 2.43. The van der Waals surface area contributed by atoms with Crippen molar-refractivity contribution in [2.75, 3.05) is 26.2 Å². The molecular formula is C16H37NO. The summed E-state index contributed by atoms with van der Waals surface area (Å²) in [6, 6.07) is 0. The van der Waals surface area contributed by atoms with Crippen LogP contribution in [0.15, 0.2) is 0 Å². The van der Waals surface area contributed by atoms with Crippen LogP contribution in [0.3, 0.4) is 0 Å². The van der Waals surface area contributed by atoms with Crippen LogP contribution in [0.2, 0.25) is 0 Å². The van der Waals surface area contributed by atoms with E-state index in [1.54, 1.807) is 0 Å². The van der Waals surface area contributed by atoms with E-state index in [1.165, 1.54) is 51.7 Å². The van der Waals surface area contributed by atoms with Gasteiger partial charge in [0.1, 0.15) is 0 Å². The van der Waals surface area contributed by atoms with Crippen LogP contribution in [0.4, 0.5) is 0 Å². The number of hydrogen-bond donors (Lipinski definition) is 1. The third-order valence-corrected chi connectivity index (χ3v) is 3.60. The maximum absolute atomic E-state index is 8.90. The van der Waals surface area contributed by atoms with Crippen LogP contribution in [0.25, 0.3) is 0 Å². The van der Waals surface area contributed by atoms with Crippen molar-refractivity contribution in [3.8, 4) is 0 Å². The monoisotopic (exact) mass is 259 g/mol. The maximum Gasteiger partial charge on any atom is 0.0433 e. The lowest BCUT2D eigenvalue weighted by Gasteiger charge is -2.18. The Morgan fingerprint density at radius 2 is 1.50 bits per heavy atom. The SMILES string of the molecule is CC.CCC(CCO)CCCCCN(CC)CC. The molecule has 0 saturated heterocycles. The highest BCUT2D eigenvalue weighted by Gasteiger charge is 2.05. The zero-order chi connectivity index (χ0) is 14.2. The Kier molecular flexibility index (Phi) is 19.0. The molecule has 112 valence electrons. The lowest BCUT2D eigenvalue weighted by molar-refractivity contribution is 0.245. The highest BCUT2D eigenvalue weighted by Crippen LogP contribution is 2.16. The van der Waals surface area contributed by atoms with Gasteiger partial charge in [-0.25, -0.2) is 0 Å². The fourth-order valence-electron chi connectivity index (χ4n) is 2.22. The van der Waals surface area contributed by atoms with E-state index in [1.807, 2.05) is 13.8 Å². The molecule has 2 heteroatoms. The number of nitrogens with zero attached hydrogens (tertiary/aromatic N) is 1. The highest BCUT2D eigenvalue weighted by atomic mass is 16.3. The van der Waals surface area contributed by atoms with Crippen molar-refractivity contribution in [3.05, 3.63) is 0 Å². The molecule has 0 aromatic rings. The van der Waals surface area contributed by atoms with E-state index in [2.05, 4.69) is 25.7 Å². The first-order valence-electron chi connectivity index (χ1n) is 8.11. The zero-order valence-corrected chi connectivity index (χ0v) is 13.5. The second kappa shape index (κ2) is 16.9. The largest absolute Gasteiger partial charge is 0.396 e. The standard InChI is InChI=1S/C14H31NO.C2H6/c1-4-14(11-13-16)10-8-7-9-12-15(5-2)6-3;1-2/h14,16H,4-13H2,1-3H3;1-2H3. The molecule has 1 unspecified atom stereocenters. The Bertz CT molecular complexity index is 135. The van der Waals surface area contributed by atoms with Crippen molar-refractivity contribution in [3.63, 3.8) is 0 Å². The summed E-state index contributed by atoms with van der Waals surface area (Å²) in [4.78, 5) is 2.49. The molecular weight excluding hydrogens is 222 g/mol. The molecule has 18 heavy (non-hydrogen) atoms. The molecule has 0 aromatic heterocycles. The molecule has 0 rings (SSSR count). The molecule has 1 N–H and O–H groups in total. The molecule has 0 aliphatic heterocycles. The van der Waals surface area contributed by atoms with E-state index in [-0.39, 0.29) is 0 Å².